The summed E-state index contributed by atoms with van der Waals surface area (Å²) < 4.78 is 47.9. The van der Waals surface area contributed by atoms with Crippen LogP contribution in [0.5, 0.6) is 0 Å². The van der Waals surface area contributed by atoms with Crippen molar-refractivity contribution < 1.29 is 95.4 Å². The van der Waals surface area contributed by atoms with Gasteiger partial charge in [-0.3, -0.25) is 47.9 Å². The second kappa shape index (κ2) is 51.1. The van der Waals surface area contributed by atoms with Gasteiger partial charge in [0, 0.05) is 57.5 Å². The molecule has 0 aliphatic rings. The van der Waals surface area contributed by atoms with Crippen LogP contribution in [-0.4, -0.2) is 223 Å². The van der Waals surface area contributed by atoms with Crippen LogP contribution in [0.3, 0.4) is 0 Å². The Kier molecular flexibility index (Phi) is 46.2. The van der Waals surface area contributed by atoms with Crippen LogP contribution < -0.4 is 48.1 Å². The topological polar surface area (TPSA) is 510 Å². The Morgan fingerprint density at radius 3 is 1.48 bits per heavy atom. The highest BCUT2D eigenvalue weighted by Gasteiger charge is 2.25. The zero-order valence-corrected chi connectivity index (χ0v) is 52.4. The van der Waals surface area contributed by atoms with Gasteiger partial charge in [0.2, 0.25) is 57.3 Å². The fraction of sp³-hybridized carbons (Fsp3) is 0.778. The van der Waals surface area contributed by atoms with Crippen molar-refractivity contribution in [3.8, 4) is 0 Å². The lowest BCUT2D eigenvalue weighted by molar-refractivity contribution is -0.144. The Morgan fingerprint density at radius 1 is 0.494 bits per heavy atom. The predicted octanol–water partition coefficient (Wildman–Crippen LogP) is -1.17. The van der Waals surface area contributed by atoms with Crippen molar-refractivity contribution in [2.24, 2.45) is 11.5 Å². The summed E-state index contributed by atoms with van der Waals surface area (Å²) in [5, 5.41) is 56.6. The molecule has 508 valence electrons. The van der Waals surface area contributed by atoms with Gasteiger partial charge in [0.05, 0.1) is 51.1 Å². The van der Waals surface area contributed by atoms with Gasteiger partial charge in [0.1, 0.15) is 37.4 Å². The number of amides is 8. The van der Waals surface area contributed by atoms with Crippen LogP contribution in [0, 0.1) is 0 Å². The number of sulfonamides is 1. The molecule has 0 aromatic carbocycles. The van der Waals surface area contributed by atoms with Crippen molar-refractivity contribution in [1.82, 2.24) is 57.2 Å². The summed E-state index contributed by atoms with van der Waals surface area (Å²) >= 11 is 1.08. The minimum atomic E-state index is -3.89. The molecule has 0 radical (unpaired) electrons. The molecule has 0 aliphatic heterocycles. The lowest BCUT2D eigenvalue weighted by Gasteiger charge is -2.17. The van der Waals surface area contributed by atoms with E-state index in [4.69, 9.17) is 35.5 Å². The second-order valence-corrected chi connectivity index (χ2v) is 23.6. The first-order chi connectivity index (χ1) is 42.6. The van der Waals surface area contributed by atoms with Gasteiger partial charge in [-0.25, -0.2) is 18.0 Å². The number of nitrogens with two attached hydrogens (primary N) is 2. The lowest BCUT2D eigenvalue weighted by Crippen LogP contribution is -2.45. The normalized spacial score (nSPS) is 12.6. The van der Waals surface area contributed by atoms with Crippen LogP contribution in [0.2, 0.25) is 0 Å². The Morgan fingerprint density at radius 2 is 0.966 bits per heavy atom. The summed E-state index contributed by atoms with van der Waals surface area (Å²) in [6.45, 7) is -0.558. The molecular formula is C54H95N13O20S2. The quantitative estimate of drug-likeness (QED) is 0.0342. The zero-order valence-electron chi connectivity index (χ0n) is 50.8. The smallest absolute Gasteiger partial charge is 0.326 e. The van der Waals surface area contributed by atoms with Crippen LogP contribution in [-0.2, 0) is 88.1 Å². The minimum absolute atomic E-state index is 0.000779. The maximum atomic E-state index is 12.6. The summed E-state index contributed by atoms with van der Waals surface area (Å²) in [4.78, 5) is 132. The molecule has 33 nitrogen and oxygen atoms in total. The summed E-state index contributed by atoms with van der Waals surface area (Å²) in [5.41, 5.74) is 10.8. The summed E-state index contributed by atoms with van der Waals surface area (Å²) in [5.74, 6) is -8.48. The van der Waals surface area contributed by atoms with Crippen LogP contribution >= 0.6 is 11.8 Å². The number of rotatable bonds is 59. The lowest BCUT2D eigenvalue weighted by atomic mass is 10.0. The van der Waals surface area contributed by atoms with Gasteiger partial charge in [-0.2, -0.15) is 5.21 Å². The molecule has 0 unspecified atom stereocenters. The van der Waals surface area contributed by atoms with Crippen LogP contribution in [0.25, 0.3) is 0 Å². The maximum absolute atomic E-state index is 12.6. The van der Waals surface area contributed by atoms with Gasteiger partial charge in [0.25, 0.3) is 0 Å². The number of carbonyl (C=O) groups is 11. The number of thioether (sulfide) groups is 1. The van der Waals surface area contributed by atoms with Gasteiger partial charge >= 0.3 is 17.9 Å². The van der Waals surface area contributed by atoms with Crippen molar-refractivity contribution in [3.05, 3.63) is 5.82 Å². The predicted molar refractivity (Wildman–Crippen MR) is 322 cm³/mol. The number of ether oxygens (including phenoxy) is 4. The number of nitrogens with zero attached hydrogens (tertiary/aromatic N) is 3. The van der Waals surface area contributed by atoms with Crippen molar-refractivity contribution in [1.29, 1.82) is 0 Å². The molecule has 1 heterocycles. The van der Waals surface area contributed by atoms with E-state index in [0.29, 0.717) is 19.3 Å². The highest BCUT2D eigenvalue weighted by Crippen LogP contribution is 2.14. The van der Waals surface area contributed by atoms with Crippen LogP contribution in [0.1, 0.15) is 154 Å². The summed E-state index contributed by atoms with van der Waals surface area (Å²) in [7, 11) is -3.89. The number of aryl methyl sites for hydroxylation is 1. The monoisotopic (exact) mass is 1310 g/mol. The number of aliphatic carboxylic acids is 3. The molecular weight excluding hydrogens is 1210 g/mol. The Balaban J connectivity index is 2.10. The molecule has 0 saturated carbocycles. The number of carboxylic acids is 3. The first-order valence-corrected chi connectivity index (χ1v) is 32.9. The fourth-order valence-corrected chi connectivity index (χ4v) is 10.0. The van der Waals surface area contributed by atoms with E-state index in [2.05, 4.69) is 57.2 Å². The van der Waals surface area contributed by atoms with Crippen molar-refractivity contribution in [2.75, 3.05) is 89.7 Å². The van der Waals surface area contributed by atoms with E-state index < -0.39 is 125 Å². The number of primary amides is 1. The number of unbranched alkanes of at least 4 members (excludes halogenated alkanes) is 13. The number of carbonyl (C=O) groups excluding carboxylic acids is 8. The molecule has 8 amide bonds. The second-order valence-electron chi connectivity index (χ2n) is 20.7. The Bertz CT molecular complexity index is 2360. The number of aromatic nitrogens is 4. The van der Waals surface area contributed by atoms with Crippen LogP contribution in [0.15, 0.2) is 0 Å². The molecule has 35 heteroatoms. The molecule has 1 rings (SSSR count). The number of aromatic amines is 1. The zero-order chi connectivity index (χ0) is 65.9. The van der Waals surface area contributed by atoms with E-state index >= 15 is 0 Å². The van der Waals surface area contributed by atoms with E-state index in [1.165, 1.54) is 44.9 Å². The molecule has 1 aromatic heterocycles. The summed E-state index contributed by atoms with van der Waals surface area (Å²) in [6.07, 6.45) is 14.6. The molecule has 0 spiro atoms. The number of hydrogen-bond donors (Lipinski definition) is 13. The minimum Gasteiger partial charge on any atom is -0.480 e. The number of hydrogen-bond acceptors (Lipinski definition) is 22. The molecule has 0 saturated heterocycles. The van der Waals surface area contributed by atoms with Crippen molar-refractivity contribution >= 4 is 87.0 Å². The maximum Gasteiger partial charge on any atom is 0.326 e. The van der Waals surface area contributed by atoms with E-state index in [0.717, 1.165) is 56.1 Å². The molecule has 0 fully saturated rings. The SMILES string of the molecule is NC(=O)[C@H](CCCCNC(=O)CSC[C@H](N)C(=O)O)NC(=O)COCCOCCNC(=O)CC[C@H](NC(=O)CC[C@H](NC(=O)COCCOCCNC(=O)CCCS(=O)(=O)NC(=O)CCCCCCCCCCCCCCCc1nn[nH]n1)C(=O)O)C(=O)O. The molecule has 15 N–H and O–H groups in total. The molecule has 0 aliphatic carbocycles. The Hall–Kier alpha value is -6.66. The third kappa shape index (κ3) is 47.0. The van der Waals surface area contributed by atoms with Gasteiger partial charge < -0.3 is 77.6 Å². The Labute approximate surface area is 523 Å². The first kappa shape index (κ1) is 80.4. The van der Waals surface area contributed by atoms with E-state index in [-0.39, 0.29) is 115 Å². The van der Waals surface area contributed by atoms with Gasteiger partial charge in [-0.1, -0.05) is 75.8 Å². The first-order valence-electron chi connectivity index (χ1n) is 30.1. The molecule has 1 aromatic rings. The average molecular weight is 1310 g/mol. The average Bonchev–Trinajstić information content (AvgIpc) is 4.10. The van der Waals surface area contributed by atoms with Crippen molar-refractivity contribution in [2.45, 2.75) is 178 Å². The molecule has 0 bridgehead atoms. The highest BCUT2D eigenvalue weighted by atomic mass is 32.2. The number of carboxylic acid groups (broad SMARTS) is 3. The number of H-pyrrole nitrogens is 1. The van der Waals surface area contributed by atoms with Crippen LogP contribution in [0.4, 0.5) is 0 Å². The third-order valence-corrected chi connectivity index (χ3v) is 15.4. The summed E-state index contributed by atoms with van der Waals surface area (Å²) in [6, 6.07) is -5.07. The van der Waals surface area contributed by atoms with Gasteiger partial charge in [-0.05, 0) is 51.4 Å². The van der Waals surface area contributed by atoms with E-state index in [1.54, 1.807) is 0 Å². The largest absolute Gasteiger partial charge is 0.480 e. The third-order valence-electron chi connectivity index (χ3n) is 13.0. The van der Waals surface area contributed by atoms with Gasteiger partial charge in [0.15, 0.2) is 5.82 Å². The molecule has 4 atom stereocenters. The van der Waals surface area contributed by atoms with E-state index in [1.807, 2.05) is 0 Å². The standard InChI is InChI=1S/C54H95N13O20S2/c55-39(52(76)77)37-88-38-50(74)57-25-15-14-17-40(51(56)75)60-48(72)35-86-32-30-85-29-27-59-45(69)23-21-41(53(78)79)61-46(70)24-22-42(54(80)81)62-49(73)36-87-33-31-84-28-26-58-44(68)20-16-34-89(82,83)65-47(71)19-13-11-9-7-5-3-1-2-4-6-8-10-12-18-43-63-66-67-64-43/h39-42H,1-38,55H2,(H2,56,75)(H,57,74)(H,58,68)(H,59,69)(H,60,72)(H,61,70)(H,62,73)(H,65,71)(H,76,77)(H,78,79)(H,80,81)(H,63,64,66,67)/t39-,40-,41-,42-/m0/s1. The molecule has 89 heavy (non-hydrogen) atoms. The highest BCUT2D eigenvalue weighted by molar-refractivity contribution is 8.00. The van der Waals surface area contributed by atoms with Gasteiger partial charge in [-0.15, -0.1) is 22.0 Å². The number of tetrazole rings is 1. The van der Waals surface area contributed by atoms with Crippen molar-refractivity contribution in [3.63, 3.8) is 0 Å². The van der Waals surface area contributed by atoms with E-state index in [9.17, 15) is 71.4 Å². The number of nitrogens with one attached hydrogen (secondary N) is 8. The fourth-order valence-electron chi connectivity index (χ4n) is 8.16.